The van der Waals surface area contributed by atoms with E-state index in [2.05, 4.69) is 10.2 Å². The number of benzene rings is 1. The van der Waals surface area contributed by atoms with Crippen molar-refractivity contribution in [1.29, 1.82) is 0 Å². The summed E-state index contributed by atoms with van der Waals surface area (Å²) in [6.45, 7) is 4.27. The smallest absolute Gasteiger partial charge is 0.342 e. The molecule has 0 radical (unpaired) electrons. The van der Waals surface area contributed by atoms with E-state index in [0.717, 1.165) is 6.07 Å². The van der Waals surface area contributed by atoms with Gasteiger partial charge in [-0.2, -0.15) is 0 Å². The number of hydrogen-bond acceptors (Lipinski definition) is 9. The first-order chi connectivity index (χ1) is 16.3. The summed E-state index contributed by atoms with van der Waals surface area (Å²) in [6.07, 6.45) is 0. The van der Waals surface area contributed by atoms with Gasteiger partial charge >= 0.3 is 5.97 Å². The first kappa shape index (κ1) is 26.2. The average Bonchev–Trinajstić information content (AvgIpc) is 2.97. The van der Waals surface area contributed by atoms with Crippen LogP contribution in [0.15, 0.2) is 24.3 Å². The van der Waals surface area contributed by atoms with E-state index in [4.69, 9.17) is 21.1 Å². The van der Waals surface area contributed by atoms with Gasteiger partial charge < -0.3 is 14.4 Å². The number of Topliss-reactive ketones (excluding diaryl/α,β-unsaturated/α-hetero) is 1. The fourth-order valence-corrected chi connectivity index (χ4v) is 3.79. The molecule has 2 aromatic rings. The van der Waals surface area contributed by atoms with Crippen molar-refractivity contribution in [2.45, 2.75) is 26.4 Å². The van der Waals surface area contributed by atoms with Crippen LogP contribution in [0.2, 0.25) is 5.02 Å². The van der Waals surface area contributed by atoms with Crippen molar-refractivity contribution >= 4 is 41.0 Å². The van der Waals surface area contributed by atoms with Crippen LogP contribution in [0.1, 0.15) is 31.1 Å². The second-order valence-corrected chi connectivity index (χ2v) is 9.51. The van der Waals surface area contributed by atoms with Gasteiger partial charge in [0.2, 0.25) is 11.7 Å². The second kappa shape index (κ2) is 9.67. The standard InChI is InChI=1S/C23H24ClFN4O6/c1-22(2,3)35-20(32)14-9-16(13-8-12(24)6-7-15(13)25)27-28-18(14)29(4)10-23(11-34-5)17(30)19(31)26-21(23)33/h6-9H,10-11H2,1-5H3,(H,26,31,33). The van der Waals surface area contributed by atoms with Crippen molar-refractivity contribution in [2.24, 2.45) is 5.41 Å². The van der Waals surface area contributed by atoms with Crippen LogP contribution >= 0.6 is 11.6 Å². The van der Waals surface area contributed by atoms with E-state index >= 15 is 0 Å². The number of ether oxygens (including phenoxy) is 2. The van der Waals surface area contributed by atoms with Crippen LogP contribution in [0.4, 0.5) is 10.2 Å². The number of anilines is 1. The van der Waals surface area contributed by atoms with Crippen molar-refractivity contribution in [2.75, 3.05) is 32.2 Å². The Morgan fingerprint density at radius 1 is 1.20 bits per heavy atom. The Labute approximate surface area is 205 Å². The molecule has 2 heterocycles. The van der Waals surface area contributed by atoms with Gasteiger partial charge in [0.05, 0.1) is 12.3 Å². The number of rotatable bonds is 7. The number of ketones is 1. The number of hydrogen-bond donors (Lipinski definition) is 1. The Hall–Kier alpha value is -3.44. The van der Waals surface area contributed by atoms with Gasteiger partial charge in [-0.1, -0.05) is 11.6 Å². The number of nitrogens with zero attached hydrogens (tertiary/aromatic N) is 3. The molecule has 0 spiro atoms. The Balaban J connectivity index is 2.10. The lowest BCUT2D eigenvalue weighted by Gasteiger charge is -2.30. The third-order valence-corrected chi connectivity index (χ3v) is 5.39. The van der Waals surface area contributed by atoms with E-state index in [-0.39, 0.29) is 40.8 Å². The van der Waals surface area contributed by atoms with Crippen LogP contribution in [0.5, 0.6) is 0 Å². The molecule has 1 saturated heterocycles. The van der Waals surface area contributed by atoms with Gasteiger partial charge in [0.15, 0.2) is 11.2 Å². The molecule has 10 nitrogen and oxygen atoms in total. The maximum atomic E-state index is 14.5. The molecule has 35 heavy (non-hydrogen) atoms. The number of imide groups is 1. The van der Waals surface area contributed by atoms with E-state index in [9.17, 15) is 23.6 Å². The highest BCUT2D eigenvalue weighted by Gasteiger charge is 2.56. The molecule has 1 aliphatic rings. The van der Waals surface area contributed by atoms with E-state index in [1.165, 1.54) is 37.3 Å². The van der Waals surface area contributed by atoms with Crippen LogP contribution < -0.4 is 10.2 Å². The average molecular weight is 507 g/mol. The minimum Gasteiger partial charge on any atom is -0.456 e. The van der Waals surface area contributed by atoms with Gasteiger partial charge in [0.25, 0.3) is 5.91 Å². The largest absolute Gasteiger partial charge is 0.456 e. The molecule has 3 rings (SSSR count). The Kier molecular flexibility index (Phi) is 7.23. The zero-order valence-electron chi connectivity index (χ0n) is 19.8. The summed E-state index contributed by atoms with van der Waals surface area (Å²) in [4.78, 5) is 51.4. The van der Waals surface area contributed by atoms with Gasteiger partial charge in [-0.3, -0.25) is 19.7 Å². The fraction of sp³-hybridized carbons (Fsp3) is 0.391. The number of esters is 1. The molecule has 0 saturated carbocycles. The molecule has 2 amide bonds. The molecule has 0 bridgehead atoms. The zero-order valence-corrected chi connectivity index (χ0v) is 20.5. The number of amides is 2. The van der Waals surface area contributed by atoms with E-state index in [1.54, 1.807) is 20.8 Å². The summed E-state index contributed by atoms with van der Waals surface area (Å²) in [7, 11) is 2.74. The third kappa shape index (κ3) is 5.30. The summed E-state index contributed by atoms with van der Waals surface area (Å²) in [6, 6.07) is 5.14. The van der Waals surface area contributed by atoms with Crippen molar-refractivity contribution in [3.05, 3.63) is 40.7 Å². The molecule has 12 heteroatoms. The predicted molar refractivity (Wildman–Crippen MR) is 123 cm³/mol. The normalized spacial score (nSPS) is 18.0. The SMILES string of the molecule is COCC1(CN(C)c2nnc(-c3cc(Cl)ccc3F)cc2C(=O)OC(C)(C)C)C(=O)NC(=O)C1=O. The summed E-state index contributed by atoms with van der Waals surface area (Å²) >= 11 is 5.99. The molecule has 186 valence electrons. The first-order valence-corrected chi connectivity index (χ1v) is 10.8. The molecular weight excluding hydrogens is 483 g/mol. The fourth-order valence-electron chi connectivity index (χ4n) is 3.62. The number of halogens is 2. The molecule has 0 aliphatic carbocycles. The highest BCUT2D eigenvalue weighted by molar-refractivity contribution is 6.50. The van der Waals surface area contributed by atoms with Crippen LogP contribution in [0.25, 0.3) is 11.3 Å². The van der Waals surface area contributed by atoms with Crippen LogP contribution in [-0.2, 0) is 23.9 Å². The Morgan fingerprint density at radius 2 is 1.89 bits per heavy atom. The maximum Gasteiger partial charge on any atom is 0.342 e. The quantitative estimate of drug-likeness (QED) is 0.260. The van der Waals surface area contributed by atoms with Gasteiger partial charge in [-0.15, -0.1) is 10.2 Å². The van der Waals surface area contributed by atoms with Crippen molar-refractivity contribution < 1.29 is 33.0 Å². The molecule has 1 atom stereocenters. The summed E-state index contributed by atoms with van der Waals surface area (Å²) < 4.78 is 25.0. The van der Waals surface area contributed by atoms with E-state index in [1.807, 2.05) is 5.32 Å². The minimum absolute atomic E-state index is 0.0100. The highest BCUT2D eigenvalue weighted by atomic mass is 35.5. The van der Waals surface area contributed by atoms with Crippen LogP contribution in [0.3, 0.4) is 0 Å². The summed E-state index contributed by atoms with van der Waals surface area (Å²) in [5, 5.41) is 10.3. The minimum atomic E-state index is -1.86. The van der Waals surface area contributed by atoms with Gasteiger partial charge in [0.1, 0.15) is 17.0 Å². The maximum absolute atomic E-state index is 14.5. The third-order valence-electron chi connectivity index (χ3n) is 5.16. The predicted octanol–water partition coefficient (Wildman–Crippen LogP) is 2.19. The molecular formula is C23H24ClFN4O6. The van der Waals surface area contributed by atoms with Crippen molar-refractivity contribution in [3.8, 4) is 11.3 Å². The second-order valence-electron chi connectivity index (χ2n) is 9.08. The van der Waals surface area contributed by atoms with Crippen LogP contribution in [0, 0.1) is 11.2 Å². The van der Waals surface area contributed by atoms with Crippen LogP contribution in [-0.4, -0.2) is 66.7 Å². The summed E-state index contributed by atoms with van der Waals surface area (Å²) in [5.74, 6) is -4.33. The lowest BCUT2D eigenvalue weighted by atomic mass is 9.85. The first-order valence-electron chi connectivity index (χ1n) is 10.5. The molecule has 1 aromatic heterocycles. The van der Waals surface area contributed by atoms with Crippen molar-refractivity contribution in [3.63, 3.8) is 0 Å². The van der Waals surface area contributed by atoms with E-state index < -0.39 is 40.4 Å². The Morgan fingerprint density at radius 3 is 2.46 bits per heavy atom. The van der Waals surface area contributed by atoms with Gasteiger partial charge in [0, 0.05) is 31.3 Å². The van der Waals surface area contributed by atoms with Crippen molar-refractivity contribution in [1.82, 2.24) is 15.5 Å². The monoisotopic (exact) mass is 506 g/mol. The summed E-state index contributed by atoms with van der Waals surface area (Å²) in [5.41, 5.74) is -2.81. The topological polar surface area (TPSA) is 128 Å². The molecule has 1 N–H and O–H groups in total. The number of carbonyl (C=O) groups is 4. The number of nitrogens with one attached hydrogen (secondary N) is 1. The lowest BCUT2D eigenvalue weighted by Crippen LogP contribution is -2.49. The van der Waals surface area contributed by atoms with E-state index in [0.29, 0.717) is 0 Å². The number of methoxy groups -OCH3 is 1. The van der Waals surface area contributed by atoms with Gasteiger partial charge in [-0.25, -0.2) is 9.18 Å². The highest BCUT2D eigenvalue weighted by Crippen LogP contribution is 2.31. The molecule has 1 fully saturated rings. The zero-order chi connectivity index (χ0) is 26.1. The molecule has 1 aromatic carbocycles. The van der Waals surface area contributed by atoms with Gasteiger partial charge in [-0.05, 0) is 45.0 Å². The lowest BCUT2D eigenvalue weighted by molar-refractivity contribution is -0.142. The molecule has 1 unspecified atom stereocenters. The Bertz CT molecular complexity index is 1210. The number of carbonyl (C=O) groups excluding carboxylic acids is 4. The molecule has 1 aliphatic heterocycles. The number of aromatic nitrogens is 2.